The second kappa shape index (κ2) is 7.81. The quantitative estimate of drug-likeness (QED) is 0.724. The molecule has 2 heterocycles. The summed E-state index contributed by atoms with van der Waals surface area (Å²) in [5.74, 6) is 0.143. The number of nitrogens with one attached hydrogen (secondary N) is 2. The van der Waals surface area contributed by atoms with Gasteiger partial charge < -0.3 is 15.2 Å². The first kappa shape index (κ1) is 17.7. The number of hydrogen-bond acceptors (Lipinski definition) is 4. The highest BCUT2D eigenvalue weighted by Gasteiger charge is 2.30. The highest BCUT2D eigenvalue weighted by atomic mass is 16.2. The molecule has 4 amide bonds. The van der Waals surface area contributed by atoms with Crippen molar-refractivity contribution in [3.05, 3.63) is 54.1 Å². The molecule has 3 rings (SSSR count). The van der Waals surface area contributed by atoms with Crippen molar-refractivity contribution in [3.8, 4) is 0 Å². The van der Waals surface area contributed by atoms with Gasteiger partial charge in [-0.3, -0.25) is 14.5 Å². The topological polar surface area (TPSA) is 96.3 Å². The standard InChI is InChI=1S/C18H21N5O3/c1-13-19-8-10-22(13)9-7-15(14-5-3-2-4-6-14)21-16(24)12-23-17(25)11-20-18(23)26/h2-6,8,10,15H,7,9,11-12H2,1H3,(H,20,26)(H,21,24)/t15-/m1/s1. The van der Waals surface area contributed by atoms with Crippen LogP contribution in [0.25, 0.3) is 0 Å². The van der Waals surface area contributed by atoms with Gasteiger partial charge in [0.15, 0.2) is 0 Å². The first-order valence-electron chi connectivity index (χ1n) is 8.45. The third-order valence-electron chi connectivity index (χ3n) is 4.36. The molecule has 0 saturated carbocycles. The molecule has 0 unspecified atom stereocenters. The summed E-state index contributed by atoms with van der Waals surface area (Å²) >= 11 is 0. The molecule has 1 saturated heterocycles. The first-order chi connectivity index (χ1) is 12.5. The van der Waals surface area contributed by atoms with E-state index in [4.69, 9.17) is 0 Å². The van der Waals surface area contributed by atoms with Gasteiger partial charge in [0.1, 0.15) is 12.4 Å². The second-order valence-electron chi connectivity index (χ2n) is 6.13. The van der Waals surface area contributed by atoms with E-state index in [9.17, 15) is 14.4 Å². The largest absolute Gasteiger partial charge is 0.348 e. The average molecular weight is 355 g/mol. The van der Waals surface area contributed by atoms with Crippen LogP contribution in [0.3, 0.4) is 0 Å². The molecule has 2 N–H and O–H groups in total. The number of imidazole rings is 1. The lowest BCUT2D eigenvalue weighted by molar-refractivity contribution is -0.131. The number of rotatable bonds is 7. The molecule has 1 aromatic carbocycles. The van der Waals surface area contributed by atoms with Crippen LogP contribution in [0.1, 0.15) is 23.9 Å². The fourth-order valence-corrected chi connectivity index (χ4v) is 2.91. The van der Waals surface area contributed by atoms with Crippen LogP contribution in [0.4, 0.5) is 4.79 Å². The molecule has 0 radical (unpaired) electrons. The minimum Gasteiger partial charge on any atom is -0.348 e. The molecule has 8 nitrogen and oxygen atoms in total. The summed E-state index contributed by atoms with van der Waals surface area (Å²) in [7, 11) is 0. The lowest BCUT2D eigenvalue weighted by Gasteiger charge is -2.21. The molecule has 1 aliphatic rings. The zero-order chi connectivity index (χ0) is 18.5. The fourth-order valence-electron chi connectivity index (χ4n) is 2.91. The van der Waals surface area contributed by atoms with Crippen LogP contribution in [-0.4, -0.2) is 45.4 Å². The van der Waals surface area contributed by atoms with Gasteiger partial charge in [-0.15, -0.1) is 0 Å². The fraction of sp³-hybridized carbons (Fsp3) is 0.333. The molecule has 1 atom stereocenters. The second-order valence-corrected chi connectivity index (χ2v) is 6.13. The highest BCUT2D eigenvalue weighted by Crippen LogP contribution is 2.18. The Kier molecular flexibility index (Phi) is 5.31. The number of amides is 4. The van der Waals surface area contributed by atoms with Gasteiger partial charge in [-0.2, -0.15) is 0 Å². The van der Waals surface area contributed by atoms with Gasteiger partial charge >= 0.3 is 6.03 Å². The molecule has 1 aromatic heterocycles. The molecule has 1 fully saturated rings. The predicted molar refractivity (Wildman–Crippen MR) is 94.0 cm³/mol. The lowest BCUT2D eigenvalue weighted by Crippen LogP contribution is -2.42. The molecular weight excluding hydrogens is 334 g/mol. The van der Waals surface area contributed by atoms with E-state index in [1.165, 1.54) is 0 Å². The molecular formula is C18H21N5O3. The van der Waals surface area contributed by atoms with Gasteiger partial charge in [0.2, 0.25) is 5.91 Å². The summed E-state index contributed by atoms with van der Waals surface area (Å²) in [5.41, 5.74) is 0.968. The summed E-state index contributed by atoms with van der Waals surface area (Å²) in [6, 6.07) is 8.86. The van der Waals surface area contributed by atoms with Gasteiger partial charge in [-0.1, -0.05) is 30.3 Å². The Bertz CT molecular complexity index is 786. The number of imide groups is 1. The van der Waals surface area contributed by atoms with Crippen LogP contribution in [-0.2, 0) is 16.1 Å². The number of aryl methyl sites for hydroxylation is 2. The Hall–Kier alpha value is -3.16. The average Bonchev–Trinajstić information content (AvgIpc) is 3.19. The van der Waals surface area contributed by atoms with E-state index in [0.717, 1.165) is 16.3 Å². The molecule has 136 valence electrons. The van der Waals surface area contributed by atoms with E-state index in [1.807, 2.05) is 48.0 Å². The summed E-state index contributed by atoms with van der Waals surface area (Å²) in [4.78, 5) is 40.8. The Morgan fingerprint density at radius 3 is 2.69 bits per heavy atom. The predicted octanol–water partition coefficient (Wildman–Crippen LogP) is 0.991. The molecule has 2 aromatic rings. The van der Waals surface area contributed by atoms with Crippen LogP contribution in [0.5, 0.6) is 0 Å². The van der Waals surface area contributed by atoms with E-state index in [1.54, 1.807) is 6.20 Å². The van der Waals surface area contributed by atoms with E-state index < -0.39 is 11.9 Å². The number of aromatic nitrogens is 2. The van der Waals surface area contributed by atoms with Gasteiger partial charge in [0.25, 0.3) is 5.91 Å². The van der Waals surface area contributed by atoms with Crippen LogP contribution in [0, 0.1) is 6.92 Å². The smallest absolute Gasteiger partial charge is 0.325 e. The molecule has 0 spiro atoms. The zero-order valence-corrected chi connectivity index (χ0v) is 14.5. The highest BCUT2D eigenvalue weighted by molar-refractivity contribution is 6.04. The normalized spacial score (nSPS) is 15.0. The van der Waals surface area contributed by atoms with Crippen molar-refractivity contribution in [2.24, 2.45) is 0 Å². The maximum Gasteiger partial charge on any atom is 0.325 e. The minimum absolute atomic E-state index is 0.0614. The number of benzene rings is 1. The van der Waals surface area contributed by atoms with Crippen molar-refractivity contribution < 1.29 is 14.4 Å². The number of carbonyl (C=O) groups excluding carboxylic acids is 3. The first-order valence-corrected chi connectivity index (χ1v) is 8.45. The zero-order valence-electron chi connectivity index (χ0n) is 14.5. The summed E-state index contributed by atoms with van der Waals surface area (Å²) in [6.45, 7) is 2.27. The number of hydrogen-bond donors (Lipinski definition) is 2. The number of carbonyl (C=O) groups is 3. The Balaban J connectivity index is 1.67. The molecule has 26 heavy (non-hydrogen) atoms. The minimum atomic E-state index is -0.532. The Morgan fingerprint density at radius 1 is 1.31 bits per heavy atom. The van der Waals surface area contributed by atoms with Crippen LogP contribution in [0.15, 0.2) is 42.7 Å². The maximum absolute atomic E-state index is 12.4. The van der Waals surface area contributed by atoms with Crippen LogP contribution < -0.4 is 10.6 Å². The van der Waals surface area contributed by atoms with Gasteiger partial charge in [-0.05, 0) is 18.9 Å². The summed E-state index contributed by atoms with van der Waals surface area (Å²) < 4.78 is 2.01. The van der Waals surface area contributed by atoms with Crippen molar-refractivity contribution in [1.29, 1.82) is 0 Å². The third kappa shape index (κ3) is 4.08. The third-order valence-corrected chi connectivity index (χ3v) is 4.36. The van der Waals surface area contributed by atoms with Crippen molar-refractivity contribution in [3.63, 3.8) is 0 Å². The lowest BCUT2D eigenvalue weighted by atomic mass is 10.0. The van der Waals surface area contributed by atoms with E-state index in [-0.39, 0.29) is 25.0 Å². The van der Waals surface area contributed by atoms with Gasteiger partial charge in [0, 0.05) is 18.9 Å². The van der Waals surface area contributed by atoms with E-state index in [0.29, 0.717) is 13.0 Å². The summed E-state index contributed by atoms with van der Waals surface area (Å²) in [6.07, 6.45) is 4.29. The molecule has 0 bridgehead atoms. The summed E-state index contributed by atoms with van der Waals surface area (Å²) in [5, 5.41) is 5.34. The number of nitrogens with zero attached hydrogens (tertiary/aromatic N) is 3. The molecule has 8 heteroatoms. The van der Waals surface area contributed by atoms with Gasteiger partial charge in [0.05, 0.1) is 12.6 Å². The van der Waals surface area contributed by atoms with Crippen molar-refractivity contribution in [1.82, 2.24) is 25.1 Å². The Morgan fingerprint density at radius 2 is 2.08 bits per heavy atom. The Labute approximate surface area is 151 Å². The van der Waals surface area contributed by atoms with Crippen molar-refractivity contribution >= 4 is 17.8 Å². The van der Waals surface area contributed by atoms with Crippen molar-refractivity contribution in [2.75, 3.05) is 13.1 Å². The van der Waals surface area contributed by atoms with Crippen LogP contribution >= 0.6 is 0 Å². The van der Waals surface area contributed by atoms with E-state index in [2.05, 4.69) is 15.6 Å². The van der Waals surface area contributed by atoms with Crippen LogP contribution in [0.2, 0.25) is 0 Å². The van der Waals surface area contributed by atoms with E-state index >= 15 is 0 Å². The van der Waals surface area contributed by atoms with Gasteiger partial charge in [-0.25, -0.2) is 9.78 Å². The monoisotopic (exact) mass is 355 g/mol. The molecule has 0 aliphatic carbocycles. The SMILES string of the molecule is Cc1nccn1CC[C@@H](NC(=O)CN1C(=O)CNC1=O)c1ccccc1. The molecule has 1 aliphatic heterocycles. The van der Waals surface area contributed by atoms with Crippen molar-refractivity contribution in [2.45, 2.75) is 25.9 Å². The number of urea groups is 1. The maximum atomic E-state index is 12.4.